The first-order valence-electron chi connectivity index (χ1n) is 12.7. The Hall–Kier alpha value is -1.71. The third-order valence-electron chi connectivity index (χ3n) is 7.48. The van der Waals surface area contributed by atoms with E-state index in [2.05, 4.69) is 32.0 Å². The number of rotatable bonds is 11. The lowest BCUT2D eigenvalue weighted by Crippen LogP contribution is -2.13. The van der Waals surface area contributed by atoms with Crippen molar-refractivity contribution >= 4 is 0 Å². The van der Waals surface area contributed by atoms with Crippen molar-refractivity contribution < 1.29 is 14.6 Å². The minimum Gasteiger partial charge on any atom is -0.396 e. The van der Waals surface area contributed by atoms with Crippen LogP contribution in [0.5, 0.6) is 0 Å². The molecule has 0 heterocycles. The number of hydrogen-bond acceptors (Lipinski definition) is 2. The van der Waals surface area contributed by atoms with Gasteiger partial charge < -0.3 is 10.2 Å². The first kappa shape index (κ1) is 24.9. The smallest absolute Gasteiger partial charge is 0.131 e. The number of benzene rings is 2. The largest absolute Gasteiger partial charge is 0.396 e. The highest BCUT2D eigenvalue weighted by Crippen LogP contribution is 2.39. The van der Waals surface area contributed by atoms with Crippen molar-refractivity contribution in [2.45, 2.75) is 84.0 Å². The van der Waals surface area contributed by atoms with E-state index in [1.807, 2.05) is 12.1 Å². The molecule has 2 aromatic carbocycles. The zero-order valence-corrected chi connectivity index (χ0v) is 20.0. The Morgan fingerprint density at radius 1 is 0.938 bits per heavy atom. The molecule has 1 saturated carbocycles. The number of aliphatic hydroxyl groups is 2. The van der Waals surface area contributed by atoms with Gasteiger partial charge >= 0.3 is 0 Å². The first-order valence-corrected chi connectivity index (χ1v) is 12.7. The molecule has 1 fully saturated rings. The maximum atomic E-state index is 15.2. The topological polar surface area (TPSA) is 40.5 Å². The van der Waals surface area contributed by atoms with E-state index >= 15 is 4.39 Å². The number of halogens is 1. The van der Waals surface area contributed by atoms with Gasteiger partial charge in [-0.25, -0.2) is 4.39 Å². The highest BCUT2D eigenvalue weighted by molar-refractivity contribution is 5.69. The number of aliphatic hydroxyl groups excluding tert-OH is 2. The molecule has 3 rings (SSSR count). The second kappa shape index (κ2) is 12.5. The van der Waals surface area contributed by atoms with Crippen LogP contribution < -0.4 is 0 Å². The van der Waals surface area contributed by atoms with Gasteiger partial charge in [-0.15, -0.1) is 0 Å². The monoisotopic (exact) mass is 440 g/mol. The van der Waals surface area contributed by atoms with Crippen LogP contribution in [0.3, 0.4) is 0 Å². The minimum atomic E-state index is -0.112. The maximum Gasteiger partial charge on any atom is 0.131 e. The zero-order valence-electron chi connectivity index (χ0n) is 20.0. The van der Waals surface area contributed by atoms with Gasteiger partial charge in [-0.1, -0.05) is 63.4 Å². The van der Waals surface area contributed by atoms with Crippen molar-refractivity contribution in [3.8, 4) is 11.1 Å². The highest BCUT2D eigenvalue weighted by atomic mass is 19.1. The SMILES string of the molecule is CCCCC1CCC(c2ccc(-c3ccc(CCC(CO)CO)cc3CC)c(F)c2)CC1. The standard InChI is InChI=1S/C29H41FO2/c1-3-5-6-21-9-12-25(13-10-21)26-14-16-28(29(30)18-26)27-15-11-22(17-24(27)4-2)7-8-23(19-31)20-32/h11,14-18,21,23,25,31-32H,3-10,12-13,19-20H2,1-2H3. The van der Waals surface area contributed by atoms with E-state index in [1.165, 1.54) is 50.5 Å². The van der Waals surface area contributed by atoms with Crippen LogP contribution in [-0.4, -0.2) is 23.4 Å². The Balaban J connectivity index is 1.70. The summed E-state index contributed by atoms with van der Waals surface area (Å²) in [5.74, 6) is 1.17. The molecule has 176 valence electrons. The Bertz CT molecular complexity index is 835. The Kier molecular flexibility index (Phi) is 9.74. The van der Waals surface area contributed by atoms with Crippen molar-refractivity contribution in [2.24, 2.45) is 11.8 Å². The van der Waals surface area contributed by atoms with Gasteiger partial charge in [0.1, 0.15) is 5.82 Å². The third kappa shape index (κ3) is 6.42. The van der Waals surface area contributed by atoms with Gasteiger partial charge in [0.2, 0.25) is 0 Å². The molecule has 0 radical (unpaired) electrons. The summed E-state index contributed by atoms with van der Waals surface area (Å²) >= 11 is 0. The fourth-order valence-corrected chi connectivity index (χ4v) is 5.25. The van der Waals surface area contributed by atoms with Crippen LogP contribution in [-0.2, 0) is 12.8 Å². The van der Waals surface area contributed by atoms with Crippen LogP contribution in [0.2, 0.25) is 0 Å². The van der Waals surface area contributed by atoms with E-state index in [-0.39, 0.29) is 24.9 Å². The van der Waals surface area contributed by atoms with Gasteiger partial charge in [-0.3, -0.25) is 0 Å². The van der Waals surface area contributed by atoms with Gasteiger partial charge in [-0.05, 0) is 85.1 Å². The molecule has 1 aliphatic carbocycles. The fourth-order valence-electron chi connectivity index (χ4n) is 5.25. The van der Waals surface area contributed by atoms with Crippen molar-refractivity contribution in [3.05, 3.63) is 58.9 Å². The summed E-state index contributed by atoms with van der Waals surface area (Å²) in [6.07, 6.45) is 11.3. The Labute approximate surface area is 193 Å². The minimum absolute atomic E-state index is 0.00711. The van der Waals surface area contributed by atoms with Crippen molar-refractivity contribution in [1.82, 2.24) is 0 Å². The number of hydrogen-bond donors (Lipinski definition) is 2. The summed E-state index contributed by atoms with van der Waals surface area (Å²) < 4.78 is 15.2. The molecule has 0 atom stereocenters. The quantitative estimate of drug-likeness (QED) is 0.393. The lowest BCUT2D eigenvalue weighted by atomic mass is 9.77. The highest BCUT2D eigenvalue weighted by Gasteiger charge is 2.23. The summed E-state index contributed by atoms with van der Waals surface area (Å²) in [5, 5.41) is 18.6. The Morgan fingerprint density at radius 3 is 2.28 bits per heavy atom. The third-order valence-corrected chi connectivity index (χ3v) is 7.48. The molecule has 3 heteroatoms. The molecule has 0 amide bonds. The molecular weight excluding hydrogens is 399 g/mol. The summed E-state index contributed by atoms with van der Waals surface area (Å²) in [7, 11) is 0. The Morgan fingerprint density at radius 2 is 1.66 bits per heavy atom. The predicted octanol–water partition coefficient (Wildman–Crippen LogP) is 7.05. The lowest BCUT2D eigenvalue weighted by Gasteiger charge is -2.29. The molecule has 0 spiro atoms. The van der Waals surface area contributed by atoms with E-state index in [0.29, 0.717) is 11.5 Å². The normalized spacial score (nSPS) is 18.9. The summed E-state index contributed by atoms with van der Waals surface area (Å²) in [6.45, 7) is 4.38. The van der Waals surface area contributed by atoms with E-state index < -0.39 is 0 Å². The van der Waals surface area contributed by atoms with Crippen molar-refractivity contribution in [1.29, 1.82) is 0 Å². The van der Waals surface area contributed by atoms with Gasteiger partial charge in [0.05, 0.1) is 0 Å². The van der Waals surface area contributed by atoms with E-state index in [4.69, 9.17) is 0 Å². The average molecular weight is 441 g/mol. The molecule has 32 heavy (non-hydrogen) atoms. The number of unbranched alkanes of at least 4 members (excludes halogenated alkanes) is 1. The molecule has 0 bridgehead atoms. The van der Waals surface area contributed by atoms with E-state index in [0.717, 1.165) is 41.9 Å². The second-order valence-electron chi connectivity index (χ2n) is 9.71. The molecule has 2 N–H and O–H groups in total. The summed E-state index contributed by atoms with van der Waals surface area (Å²) in [6, 6.07) is 12.2. The summed E-state index contributed by atoms with van der Waals surface area (Å²) in [5.41, 5.74) is 5.15. The van der Waals surface area contributed by atoms with Gasteiger partial charge in [0.15, 0.2) is 0 Å². The first-order chi connectivity index (χ1) is 15.6. The van der Waals surface area contributed by atoms with Crippen LogP contribution in [0.15, 0.2) is 36.4 Å². The molecule has 0 saturated heterocycles. The fraction of sp³-hybridized carbons (Fsp3) is 0.586. The van der Waals surface area contributed by atoms with Crippen molar-refractivity contribution in [3.63, 3.8) is 0 Å². The molecule has 1 aliphatic rings. The van der Waals surface area contributed by atoms with Crippen molar-refractivity contribution in [2.75, 3.05) is 13.2 Å². The lowest BCUT2D eigenvalue weighted by molar-refractivity contribution is 0.144. The molecule has 0 aliphatic heterocycles. The van der Waals surface area contributed by atoms with Gasteiger partial charge in [0.25, 0.3) is 0 Å². The van der Waals surface area contributed by atoms with Crippen LogP contribution in [0.4, 0.5) is 4.39 Å². The molecule has 2 aromatic rings. The zero-order chi connectivity index (χ0) is 22.9. The van der Waals surface area contributed by atoms with E-state index in [9.17, 15) is 10.2 Å². The van der Waals surface area contributed by atoms with Crippen LogP contribution >= 0.6 is 0 Å². The molecule has 0 aromatic heterocycles. The molecular formula is C29H41FO2. The van der Waals surface area contributed by atoms with Gasteiger partial charge in [0, 0.05) is 24.7 Å². The molecule has 2 nitrogen and oxygen atoms in total. The average Bonchev–Trinajstić information content (AvgIpc) is 2.83. The van der Waals surface area contributed by atoms with Crippen LogP contribution in [0.1, 0.15) is 87.8 Å². The van der Waals surface area contributed by atoms with E-state index in [1.54, 1.807) is 6.07 Å². The number of aryl methyl sites for hydroxylation is 2. The van der Waals surface area contributed by atoms with Crippen LogP contribution in [0, 0.1) is 17.7 Å². The predicted molar refractivity (Wildman–Crippen MR) is 131 cm³/mol. The van der Waals surface area contributed by atoms with Gasteiger partial charge in [-0.2, -0.15) is 0 Å². The molecule has 0 unspecified atom stereocenters. The second-order valence-corrected chi connectivity index (χ2v) is 9.71. The van der Waals surface area contributed by atoms with Crippen LogP contribution in [0.25, 0.3) is 11.1 Å². The summed E-state index contributed by atoms with van der Waals surface area (Å²) in [4.78, 5) is 0. The maximum absolute atomic E-state index is 15.2.